The van der Waals surface area contributed by atoms with Gasteiger partial charge in [0.15, 0.2) is 16.5 Å². The number of carbonyl (C=O) groups excluding carboxylic acids is 1. The Morgan fingerprint density at radius 2 is 1.94 bits per heavy atom. The molecule has 0 radical (unpaired) electrons. The van der Waals surface area contributed by atoms with Crippen LogP contribution in [0.3, 0.4) is 0 Å². The molecule has 6 nitrogen and oxygen atoms in total. The molecule has 0 aromatic carbocycles. The van der Waals surface area contributed by atoms with E-state index in [1.54, 1.807) is 24.0 Å². The average molecular weight is 272 g/mol. The van der Waals surface area contributed by atoms with Gasteiger partial charge >= 0.3 is 0 Å². The number of aryl methyl sites for hydroxylation is 1. The minimum Gasteiger partial charge on any atom is -0.456 e. The Hall–Kier alpha value is -1.34. The van der Waals surface area contributed by atoms with E-state index in [1.165, 1.54) is 0 Å². The van der Waals surface area contributed by atoms with E-state index in [9.17, 15) is 13.2 Å². The van der Waals surface area contributed by atoms with E-state index in [4.69, 9.17) is 4.42 Å². The smallest absolute Gasteiger partial charge is 0.289 e. The van der Waals surface area contributed by atoms with Gasteiger partial charge in [-0.1, -0.05) is 0 Å². The number of rotatable bonds is 3. The van der Waals surface area contributed by atoms with E-state index in [2.05, 4.69) is 0 Å². The number of hydrogen-bond acceptors (Lipinski definition) is 5. The third-order valence-electron chi connectivity index (χ3n) is 2.93. The third-order valence-corrected chi connectivity index (χ3v) is 3.56. The topological polar surface area (TPSA) is 70.8 Å². The fraction of sp³-hybridized carbons (Fsp3) is 0.545. The van der Waals surface area contributed by atoms with Gasteiger partial charge in [0.2, 0.25) is 0 Å². The molecular weight excluding hydrogens is 256 g/mol. The van der Waals surface area contributed by atoms with Crippen LogP contribution in [-0.2, 0) is 10.7 Å². The van der Waals surface area contributed by atoms with Crippen molar-refractivity contribution in [2.75, 3.05) is 32.1 Å². The second kappa shape index (κ2) is 5.53. The van der Waals surface area contributed by atoms with Gasteiger partial charge in [0, 0.05) is 26.2 Å². The molecule has 100 valence electrons. The molecule has 1 fully saturated rings. The summed E-state index contributed by atoms with van der Waals surface area (Å²) in [5, 5.41) is 0. The predicted molar refractivity (Wildman–Crippen MR) is 66.1 cm³/mol. The highest BCUT2D eigenvalue weighted by atomic mass is 32.2. The Morgan fingerprint density at radius 1 is 1.28 bits per heavy atom. The van der Waals surface area contributed by atoms with E-state index in [0.29, 0.717) is 37.7 Å². The first-order valence-corrected chi connectivity index (χ1v) is 7.12. The van der Waals surface area contributed by atoms with Gasteiger partial charge in [0.05, 0.1) is 5.88 Å². The van der Waals surface area contributed by atoms with Gasteiger partial charge in [-0.3, -0.25) is 9.69 Å². The molecular formula is C11H16N2O4S. The minimum absolute atomic E-state index is 0.0667. The lowest BCUT2D eigenvalue weighted by Crippen LogP contribution is -2.48. The van der Waals surface area contributed by atoms with Crippen molar-refractivity contribution in [3.05, 3.63) is 23.7 Å². The maximum Gasteiger partial charge on any atom is 0.289 e. The van der Waals surface area contributed by atoms with Crippen molar-refractivity contribution in [1.29, 1.82) is 0 Å². The summed E-state index contributed by atoms with van der Waals surface area (Å²) in [6.07, 6.45) is 0. The summed E-state index contributed by atoms with van der Waals surface area (Å²) in [7, 11) is -2.39. The van der Waals surface area contributed by atoms with Crippen LogP contribution >= 0.6 is 0 Å². The summed E-state index contributed by atoms with van der Waals surface area (Å²) in [5.74, 6) is 0.988. The van der Waals surface area contributed by atoms with E-state index < -0.39 is 10.7 Å². The maximum absolute atomic E-state index is 12.0. The zero-order valence-corrected chi connectivity index (χ0v) is 11.1. The molecule has 0 N–H and O–H groups in total. The first-order valence-electron chi connectivity index (χ1n) is 5.76. The summed E-state index contributed by atoms with van der Waals surface area (Å²) in [5.41, 5.74) is 0. The molecule has 1 saturated heterocycles. The van der Waals surface area contributed by atoms with Crippen LogP contribution < -0.4 is 0 Å². The molecule has 0 unspecified atom stereocenters. The Balaban J connectivity index is 1.91. The fourth-order valence-electron chi connectivity index (χ4n) is 1.96. The van der Waals surface area contributed by atoms with Crippen LogP contribution in [0.5, 0.6) is 0 Å². The fourth-order valence-corrected chi connectivity index (χ4v) is 2.57. The Kier molecular flexibility index (Phi) is 4.03. The van der Waals surface area contributed by atoms with Gasteiger partial charge in [0.1, 0.15) is 5.76 Å². The largest absolute Gasteiger partial charge is 0.456 e. The van der Waals surface area contributed by atoms with Gasteiger partial charge in [0.25, 0.3) is 5.91 Å². The number of nitrogens with zero attached hydrogens (tertiary/aromatic N) is 2. The Morgan fingerprint density at radius 3 is 2.44 bits per heavy atom. The molecule has 0 bridgehead atoms. The molecule has 1 aromatic heterocycles. The van der Waals surface area contributed by atoms with E-state index >= 15 is 0 Å². The van der Waals surface area contributed by atoms with Crippen molar-refractivity contribution in [1.82, 2.24) is 9.80 Å². The second-order valence-corrected chi connectivity index (χ2v) is 5.24. The van der Waals surface area contributed by atoms with Gasteiger partial charge in [-0.25, -0.2) is 8.42 Å². The van der Waals surface area contributed by atoms with Crippen molar-refractivity contribution < 1.29 is 17.6 Å². The molecule has 2 rings (SSSR count). The van der Waals surface area contributed by atoms with Crippen molar-refractivity contribution in [3.8, 4) is 0 Å². The first-order chi connectivity index (χ1) is 8.56. The number of hydrogen-bond donors (Lipinski definition) is 1. The van der Waals surface area contributed by atoms with Gasteiger partial charge in [-0.15, -0.1) is 0 Å². The first kappa shape index (κ1) is 13.1. The van der Waals surface area contributed by atoms with E-state index in [1.807, 2.05) is 4.90 Å². The summed E-state index contributed by atoms with van der Waals surface area (Å²) < 4.78 is 26.5. The van der Waals surface area contributed by atoms with Crippen LogP contribution in [0.2, 0.25) is 0 Å². The molecule has 1 aliphatic rings. The predicted octanol–water partition coefficient (Wildman–Crippen LogP) is -0.0853. The zero-order valence-electron chi connectivity index (χ0n) is 10.2. The number of amides is 1. The van der Waals surface area contributed by atoms with Crippen LogP contribution in [0.1, 0.15) is 16.3 Å². The summed E-state index contributed by atoms with van der Waals surface area (Å²) >= 11 is 0. The molecule has 0 saturated carbocycles. The summed E-state index contributed by atoms with van der Waals surface area (Å²) in [6.45, 7) is 4.01. The maximum atomic E-state index is 12.0. The quantitative estimate of drug-likeness (QED) is 0.779. The molecule has 18 heavy (non-hydrogen) atoms. The highest BCUT2D eigenvalue weighted by Crippen LogP contribution is 2.11. The highest BCUT2D eigenvalue weighted by molar-refractivity contribution is 7.72. The lowest BCUT2D eigenvalue weighted by molar-refractivity contribution is 0.0624. The summed E-state index contributed by atoms with van der Waals surface area (Å²) in [6, 6.07) is 3.42. The van der Waals surface area contributed by atoms with Crippen LogP contribution in [0.25, 0.3) is 0 Å². The SMILES string of the molecule is Cc1ccc(C(=O)N2CCN(C[SH](=O)=O)CC2)o1. The van der Waals surface area contributed by atoms with E-state index in [-0.39, 0.29) is 11.8 Å². The number of carbonyl (C=O) groups is 1. The Bertz CT molecular complexity index is 493. The second-order valence-electron chi connectivity index (χ2n) is 4.29. The van der Waals surface area contributed by atoms with Gasteiger partial charge in [-0.2, -0.15) is 0 Å². The van der Waals surface area contributed by atoms with Crippen molar-refractivity contribution >= 4 is 16.6 Å². The van der Waals surface area contributed by atoms with Crippen LogP contribution in [0, 0.1) is 6.92 Å². The normalized spacial score (nSPS) is 17.3. The molecule has 0 spiro atoms. The van der Waals surface area contributed by atoms with Crippen LogP contribution in [-0.4, -0.2) is 56.2 Å². The van der Waals surface area contributed by atoms with Crippen LogP contribution in [0.4, 0.5) is 0 Å². The Labute approximate surface area is 107 Å². The molecule has 2 heterocycles. The zero-order chi connectivity index (χ0) is 13.1. The molecule has 0 atom stereocenters. The van der Waals surface area contributed by atoms with Crippen LogP contribution in [0.15, 0.2) is 16.5 Å². The van der Waals surface area contributed by atoms with Gasteiger partial charge in [-0.05, 0) is 19.1 Å². The molecule has 7 heteroatoms. The molecule has 1 aliphatic heterocycles. The third kappa shape index (κ3) is 3.11. The lowest BCUT2D eigenvalue weighted by Gasteiger charge is -2.33. The monoisotopic (exact) mass is 272 g/mol. The average Bonchev–Trinajstić information content (AvgIpc) is 2.75. The summed E-state index contributed by atoms with van der Waals surface area (Å²) in [4.78, 5) is 15.5. The number of thiol groups is 1. The number of piperazine rings is 1. The lowest BCUT2D eigenvalue weighted by atomic mass is 10.3. The molecule has 1 amide bonds. The van der Waals surface area contributed by atoms with Crippen molar-refractivity contribution in [2.45, 2.75) is 6.92 Å². The molecule has 1 aromatic rings. The number of furan rings is 1. The standard InChI is InChI=1S/C11H16N2O4S/c1-9-2-3-10(17-9)11(14)13-6-4-12(5-7-13)8-18(15)16/h2-3,18H,4-8H2,1H3. The van der Waals surface area contributed by atoms with Gasteiger partial charge < -0.3 is 9.32 Å². The van der Waals surface area contributed by atoms with Crippen molar-refractivity contribution in [3.63, 3.8) is 0 Å². The van der Waals surface area contributed by atoms with Crippen molar-refractivity contribution in [2.24, 2.45) is 0 Å². The van der Waals surface area contributed by atoms with E-state index in [0.717, 1.165) is 0 Å². The highest BCUT2D eigenvalue weighted by Gasteiger charge is 2.23. The minimum atomic E-state index is -2.39. The molecule has 0 aliphatic carbocycles.